The Kier molecular flexibility index (Phi) is 3.61. The van der Waals surface area contributed by atoms with Crippen LogP contribution in [0, 0.1) is 0 Å². The summed E-state index contributed by atoms with van der Waals surface area (Å²) < 4.78 is 6.06. The number of fused-ring (bicyclic) bond motifs is 1. The van der Waals surface area contributed by atoms with Crippen molar-refractivity contribution in [3.05, 3.63) is 44.3 Å². The molecular formula is C15H15BrN2O2. The molecule has 0 fully saturated rings. The Labute approximate surface area is 125 Å². The lowest BCUT2D eigenvalue weighted by Gasteiger charge is -2.15. The Morgan fingerprint density at radius 1 is 1.30 bits per heavy atom. The third-order valence-electron chi connectivity index (χ3n) is 3.62. The second kappa shape index (κ2) is 5.40. The van der Waals surface area contributed by atoms with Gasteiger partial charge in [0, 0.05) is 11.1 Å². The van der Waals surface area contributed by atoms with Crippen molar-refractivity contribution in [2.45, 2.75) is 25.7 Å². The Hall–Kier alpha value is -1.62. The van der Waals surface area contributed by atoms with Gasteiger partial charge in [-0.15, -0.1) is 0 Å². The normalized spacial score (nSPS) is 13.9. The third kappa shape index (κ3) is 2.38. The largest absolute Gasteiger partial charge is 0.496 e. The summed E-state index contributed by atoms with van der Waals surface area (Å²) in [6.07, 6.45) is 3.91. The van der Waals surface area contributed by atoms with Gasteiger partial charge in [-0.1, -0.05) is 0 Å². The molecule has 20 heavy (non-hydrogen) atoms. The Morgan fingerprint density at radius 3 is 2.85 bits per heavy atom. The SMILES string of the molecule is COc1ccc(-c2nc3c(c(=O)[nH]2)CCCC3)cc1Br. The van der Waals surface area contributed by atoms with Gasteiger partial charge < -0.3 is 9.72 Å². The molecule has 1 aliphatic carbocycles. The molecule has 0 saturated carbocycles. The van der Waals surface area contributed by atoms with E-state index < -0.39 is 0 Å². The van der Waals surface area contributed by atoms with Gasteiger partial charge in [-0.05, 0) is 59.8 Å². The standard InChI is InChI=1S/C15H15BrN2O2/c1-20-13-7-6-9(8-11(13)16)14-17-12-5-3-2-4-10(12)15(19)18-14/h6-8H,2-5H2,1H3,(H,17,18,19). The van der Waals surface area contributed by atoms with Crippen molar-refractivity contribution in [1.29, 1.82) is 0 Å². The monoisotopic (exact) mass is 334 g/mol. The molecular weight excluding hydrogens is 320 g/mol. The molecule has 2 aromatic rings. The highest BCUT2D eigenvalue weighted by Gasteiger charge is 2.16. The molecule has 0 spiro atoms. The first kappa shape index (κ1) is 13.4. The highest BCUT2D eigenvalue weighted by molar-refractivity contribution is 9.10. The Bertz CT molecular complexity index is 710. The van der Waals surface area contributed by atoms with Gasteiger partial charge in [0.25, 0.3) is 5.56 Å². The number of aryl methyl sites for hydroxylation is 1. The van der Waals surface area contributed by atoms with Crippen LogP contribution in [-0.2, 0) is 12.8 Å². The minimum Gasteiger partial charge on any atom is -0.496 e. The van der Waals surface area contributed by atoms with Gasteiger partial charge in [0.2, 0.25) is 0 Å². The molecule has 0 radical (unpaired) electrons. The van der Waals surface area contributed by atoms with Gasteiger partial charge in [-0.2, -0.15) is 0 Å². The number of ether oxygens (including phenoxy) is 1. The fourth-order valence-corrected chi connectivity index (χ4v) is 3.09. The summed E-state index contributed by atoms with van der Waals surface area (Å²) in [4.78, 5) is 19.6. The first-order valence-electron chi connectivity index (χ1n) is 6.65. The zero-order valence-corrected chi connectivity index (χ0v) is 12.8. The van der Waals surface area contributed by atoms with E-state index in [1.165, 1.54) is 0 Å². The molecule has 5 heteroatoms. The molecule has 1 aromatic heterocycles. The van der Waals surface area contributed by atoms with Gasteiger partial charge in [0.15, 0.2) is 0 Å². The number of aromatic nitrogens is 2. The molecule has 0 saturated heterocycles. The summed E-state index contributed by atoms with van der Waals surface area (Å²) in [5, 5.41) is 0. The molecule has 3 rings (SSSR count). The number of hydrogen-bond donors (Lipinski definition) is 1. The van der Waals surface area contributed by atoms with Crippen molar-refractivity contribution in [3.63, 3.8) is 0 Å². The lowest BCUT2D eigenvalue weighted by atomic mass is 9.97. The molecule has 4 nitrogen and oxygen atoms in total. The summed E-state index contributed by atoms with van der Waals surface area (Å²) in [5.41, 5.74) is 2.68. The van der Waals surface area contributed by atoms with Crippen LogP contribution in [0.2, 0.25) is 0 Å². The maximum Gasteiger partial charge on any atom is 0.254 e. The highest BCUT2D eigenvalue weighted by Crippen LogP contribution is 2.29. The van der Waals surface area contributed by atoms with Crippen LogP contribution in [0.15, 0.2) is 27.5 Å². The first-order chi connectivity index (χ1) is 9.69. The molecule has 0 atom stereocenters. The maximum absolute atomic E-state index is 12.1. The maximum atomic E-state index is 12.1. The van der Waals surface area contributed by atoms with Gasteiger partial charge in [0.05, 0.1) is 17.3 Å². The zero-order valence-electron chi connectivity index (χ0n) is 11.2. The molecule has 1 aliphatic rings. The van der Waals surface area contributed by atoms with Crippen LogP contribution in [0.3, 0.4) is 0 Å². The smallest absolute Gasteiger partial charge is 0.254 e. The van der Waals surface area contributed by atoms with E-state index in [2.05, 4.69) is 25.9 Å². The van der Waals surface area contributed by atoms with E-state index in [4.69, 9.17) is 4.74 Å². The molecule has 0 amide bonds. The topological polar surface area (TPSA) is 55.0 Å². The summed E-state index contributed by atoms with van der Waals surface area (Å²) in [6.45, 7) is 0. The first-order valence-corrected chi connectivity index (χ1v) is 7.44. The van der Waals surface area contributed by atoms with E-state index >= 15 is 0 Å². The fourth-order valence-electron chi connectivity index (χ4n) is 2.55. The van der Waals surface area contributed by atoms with Crippen molar-refractivity contribution < 1.29 is 4.74 Å². The predicted octanol–water partition coefficient (Wildman–Crippen LogP) is 3.09. The number of nitrogens with one attached hydrogen (secondary N) is 1. The van der Waals surface area contributed by atoms with Gasteiger partial charge >= 0.3 is 0 Å². The van der Waals surface area contributed by atoms with Crippen LogP contribution >= 0.6 is 15.9 Å². The summed E-state index contributed by atoms with van der Waals surface area (Å²) in [7, 11) is 1.62. The fraction of sp³-hybridized carbons (Fsp3) is 0.333. The average molecular weight is 335 g/mol. The van der Waals surface area contributed by atoms with Crippen LogP contribution in [-0.4, -0.2) is 17.1 Å². The number of hydrogen-bond acceptors (Lipinski definition) is 3. The van der Waals surface area contributed by atoms with Gasteiger partial charge in [0.1, 0.15) is 11.6 Å². The van der Waals surface area contributed by atoms with E-state index in [-0.39, 0.29) is 5.56 Å². The molecule has 0 unspecified atom stereocenters. The van der Waals surface area contributed by atoms with Crippen molar-refractivity contribution in [2.24, 2.45) is 0 Å². The summed E-state index contributed by atoms with van der Waals surface area (Å²) >= 11 is 3.45. The lowest BCUT2D eigenvalue weighted by molar-refractivity contribution is 0.412. The Balaban J connectivity index is 2.08. The second-order valence-corrected chi connectivity index (χ2v) is 5.75. The summed E-state index contributed by atoms with van der Waals surface area (Å²) in [5.74, 6) is 1.38. The highest BCUT2D eigenvalue weighted by atomic mass is 79.9. The number of halogens is 1. The molecule has 104 valence electrons. The van der Waals surface area contributed by atoms with Crippen LogP contribution in [0.4, 0.5) is 0 Å². The van der Waals surface area contributed by atoms with Crippen LogP contribution < -0.4 is 10.3 Å². The van der Waals surface area contributed by atoms with E-state index in [1.54, 1.807) is 7.11 Å². The second-order valence-electron chi connectivity index (χ2n) is 4.90. The number of nitrogens with zero attached hydrogens (tertiary/aromatic N) is 1. The number of methoxy groups -OCH3 is 1. The van der Waals surface area contributed by atoms with Crippen LogP contribution in [0.1, 0.15) is 24.1 Å². The van der Waals surface area contributed by atoms with Gasteiger partial charge in [-0.3, -0.25) is 4.79 Å². The number of benzene rings is 1. The van der Waals surface area contributed by atoms with Crippen molar-refractivity contribution in [2.75, 3.05) is 7.11 Å². The quantitative estimate of drug-likeness (QED) is 0.918. The number of rotatable bonds is 2. The minimum absolute atomic E-state index is 0.00311. The molecule has 1 heterocycles. The van der Waals surface area contributed by atoms with E-state index in [0.717, 1.165) is 52.7 Å². The molecule has 0 bridgehead atoms. The van der Waals surface area contributed by atoms with E-state index in [0.29, 0.717) is 5.82 Å². The third-order valence-corrected chi connectivity index (χ3v) is 4.24. The zero-order chi connectivity index (χ0) is 14.1. The molecule has 0 aliphatic heterocycles. The van der Waals surface area contributed by atoms with Gasteiger partial charge in [-0.25, -0.2) is 4.98 Å². The molecule has 1 aromatic carbocycles. The van der Waals surface area contributed by atoms with E-state index in [9.17, 15) is 4.79 Å². The van der Waals surface area contributed by atoms with Crippen molar-refractivity contribution >= 4 is 15.9 Å². The predicted molar refractivity (Wildman–Crippen MR) is 81.2 cm³/mol. The van der Waals surface area contributed by atoms with Crippen LogP contribution in [0.5, 0.6) is 5.75 Å². The summed E-state index contributed by atoms with van der Waals surface area (Å²) in [6, 6.07) is 5.67. The number of H-pyrrole nitrogens is 1. The number of aromatic amines is 1. The lowest BCUT2D eigenvalue weighted by Crippen LogP contribution is -2.21. The van der Waals surface area contributed by atoms with Crippen molar-refractivity contribution in [3.8, 4) is 17.1 Å². The minimum atomic E-state index is -0.00311. The van der Waals surface area contributed by atoms with E-state index in [1.807, 2.05) is 18.2 Å². The van der Waals surface area contributed by atoms with Crippen molar-refractivity contribution in [1.82, 2.24) is 9.97 Å². The average Bonchev–Trinajstić information content (AvgIpc) is 2.47. The Morgan fingerprint density at radius 2 is 2.10 bits per heavy atom. The molecule has 1 N–H and O–H groups in total. The van der Waals surface area contributed by atoms with Crippen LogP contribution in [0.25, 0.3) is 11.4 Å².